The first kappa shape index (κ1) is 16.7. The van der Waals surface area contributed by atoms with E-state index in [2.05, 4.69) is 53.2 Å². The monoisotopic (exact) mass is 330 g/mol. The van der Waals surface area contributed by atoms with Gasteiger partial charge in [-0.15, -0.1) is 0 Å². The Labute approximate surface area is 148 Å². The number of imidazole rings is 1. The first-order valence-corrected chi connectivity index (χ1v) is 8.24. The van der Waals surface area contributed by atoms with Crippen LogP contribution in [0.4, 0.5) is 0 Å². The van der Waals surface area contributed by atoms with Gasteiger partial charge >= 0.3 is 0 Å². The molecule has 3 aromatic rings. The number of rotatable bonds is 5. The van der Waals surface area contributed by atoms with Crippen molar-refractivity contribution in [2.75, 3.05) is 7.05 Å². The van der Waals surface area contributed by atoms with Gasteiger partial charge in [-0.2, -0.15) is 0 Å². The van der Waals surface area contributed by atoms with Crippen LogP contribution < -0.4 is 5.32 Å². The van der Waals surface area contributed by atoms with Crippen LogP contribution in [0, 0.1) is 6.92 Å². The molecule has 0 saturated heterocycles. The molecule has 0 aliphatic rings. The normalized spacial score (nSPS) is 12.4. The number of fused-ring (bicyclic) bond motifs is 1. The molecule has 0 fully saturated rings. The molecule has 3 rings (SSSR count). The van der Waals surface area contributed by atoms with E-state index in [4.69, 9.17) is 0 Å². The maximum Gasteiger partial charge on any atom is 0.136 e. The lowest BCUT2D eigenvalue weighted by Gasteiger charge is -2.13. The van der Waals surface area contributed by atoms with E-state index in [1.807, 2.05) is 49.1 Å². The van der Waals surface area contributed by atoms with Gasteiger partial charge in [0.1, 0.15) is 5.65 Å². The van der Waals surface area contributed by atoms with Crippen molar-refractivity contribution in [1.29, 1.82) is 0 Å². The van der Waals surface area contributed by atoms with E-state index >= 15 is 0 Å². The second kappa shape index (κ2) is 7.18. The summed E-state index contributed by atoms with van der Waals surface area (Å²) in [6.07, 6.45) is 13.6. The summed E-state index contributed by atoms with van der Waals surface area (Å²) in [5, 5.41) is 3.06. The summed E-state index contributed by atoms with van der Waals surface area (Å²) in [5.74, 6) is 0. The smallest absolute Gasteiger partial charge is 0.136 e. The van der Waals surface area contributed by atoms with Crippen molar-refractivity contribution in [3.05, 3.63) is 90.3 Å². The highest BCUT2D eigenvalue weighted by atomic mass is 15.0. The lowest BCUT2D eigenvalue weighted by atomic mass is 9.95. The molecule has 1 N–H and O–H groups in total. The number of hydrogen-bond acceptors (Lipinski definition) is 3. The summed E-state index contributed by atoms with van der Waals surface area (Å²) in [6, 6.07) is 6.30. The van der Waals surface area contributed by atoms with Gasteiger partial charge in [-0.1, -0.05) is 18.7 Å². The van der Waals surface area contributed by atoms with Crippen molar-refractivity contribution in [2.24, 2.45) is 0 Å². The Kier molecular flexibility index (Phi) is 4.80. The van der Waals surface area contributed by atoms with Crippen molar-refractivity contribution >= 4 is 16.8 Å². The molecule has 0 unspecified atom stereocenters. The molecule has 0 saturated carbocycles. The van der Waals surface area contributed by atoms with Crippen LogP contribution in [0.15, 0.2) is 67.9 Å². The summed E-state index contributed by atoms with van der Waals surface area (Å²) in [7, 11) is 1.88. The van der Waals surface area contributed by atoms with E-state index < -0.39 is 0 Å². The molecule has 0 aromatic carbocycles. The van der Waals surface area contributed by atoms with Gasteiger partial charge in [-0.3, -0.25) is 4.98 Å². The van der Waals surface area contributed by atoms with Crippen LogP contribution in [-0.4, -0.2) is 21.4 Å². The zero-order valence-corrected chi connectivity index (χ0v) is 14.8. The van der Waals surface area contributed by atoms with Crippen molar-refractivity contribution in [2.45, 2.75) is 13.8 Å². The number of aromatic nitrogens is 3. The van der Waals surface area contributed by atoms with E-state index in [9.17, 15) is 0 Å². The number of allylic oxidation sites excluding steroid dienone is 3. The minimum atomic E-state index is 0.939. The Morgan fingerprint density at radius 1 is 1.24 bits per heavy atom. The van der Waals surface area contributed by atoms with Crippen LogP contribution in [0.2, 0.25) is 0 Å². The van der Waals surface area contributed by atoms with E-state index in [-0.39, 0.29) is 0 Å². The molecule has 3 heterocycles. The molecule has 0 aliphatic heterocycles. The summed E-state index contributed by atoms with van der Waals surface area (Å²) in [5.41, 5.74) is 7.38. The minimum Gasteiger partial charge on any atom is -0.393 e. The van der Waals surface area contributed by atoms with Crippen molar-refractivity contribution in [3.63, 3.8) is 0 Å². The second-order valence-corrected chi connectivity index (χ2v) is 5.76. The molecular formula is C21H22N4. The lowest BCUT2D eigenvalue weighted by molar-refractivity contribution is 1.10. The molecule has 4 heteroatoms. The summed E-state index contributed by atoms with van der Waals surface area (Å²) >= 11 is 0. The maximum absolute atomic E-state index is 4.60. The van der Waals surface area contributed by atoms with E-state index in [0.29, 0.717) is 0 Å². The van der Waals surface area contributed by atoms with E-state index in [1.54, 1.807) is 6.20 Å². The fourth-order valence-electron chi connectivity index (χ4n) is 2.94. The Morgan fingerprint density at radius 3 is 2.80 bits per heavy atom. The Bertz CT molecular complexity index is 976. The molecule has 0 amide bonds. The molecule has 0 aliphatic carbocycles. The number of nitrogens with one attached hydrogen (secondary N) is 1. The van der Waals surface area contributed by atoms with Crippen molar-refractivity contribution in [1.82, 2.24) is 19.7 Å². The number of aryl methyl sites for hydroxylation is 1. The molecule has 126 valence electrons. The highest BCUT2D eigenvalue weighted by molar-refractivity contribution is 5.83. The van der Waals surface area contributed by atoms with Crippen LogP contribution in [0.1, 0.15) is 29.3 Å². The summed E-state index contributed by atoms with van der Waals surface area (Å²) in [6.45, 7) is 7.99. The molecule has 0 bridgehead atoms. The van der Waals surface area contributed by atoms with Crippen LogP contribution >= 0.6 is 0 Å². The SMILES string of the molecule is C=C/C(=C\NC)c1cnc(C)c(/C(=C\C)c2ccc3nccn3c2)c1. The second-order valence-electron chi connectivity index (χ2n) is 5.76. The molecule has 3 aromatic heterocycles. The zero-order valence-electron chi connectivity index (χ0n) is 14.8. The average Bonchev–Trinajstić information content (AvgIpc) is 3.10. The fourth-order valence-corrected chi connectivity index (χ4v) is 2.94. The minimum absolute atomic E-state index is 0.939. The highest BCUT2D eigenvalue weighted by Gasteiger charge is 2.11. The molecule has 0 atom stereocenters. The maximum atomic E-state index is 4.60. The van der Waals surface area contributed by atoms with Gasteiger partial charge in [0.25, 0.3) is 0 Å². The van der Waals surface area contributed by atoms with Crippen LogP contribution in [-0.2, 0) is 0 Å². The number of pyridine rings is 2. The van der Waals surface area contributed by atoms with Gasteiger partial charge in [0, 0.05) is 54.9 Å². The largest absolute Gasteiger partial charge is 0.393 e. The lowest BCUT2D eigenvalue weighted by Crippen LogP contribution is -2.00. The van der Waals surface area contributed by atoms with Crippen LogP contribution in [0.25, 0.3) is 16.8 Å². The molecule has 25 heavy (non-hydrogen) atoms. The van der Waals surface area contributed by atoms with Gasteiger partial charge in [0.05, 0.1) is 0 Å². The van der Waals surface area contributed by atoms with Gasteiger partial charge in [-0.05, 0) is 48.8 Å². The van der Waals surface area contributed by atoms with Crippen molar-refractivity contribution in [3.8, 4) is 0 Å². The third-order valence-electron chi connectivity index (χ3n) is 4.22. The van der Waals surface area contributed by atoms with Gasteiger partial charge in [0.15, 0.2) is 0 Å². The van der Waals surface area contributed by atoms with E-state index in [1.165, 1.54) is 0 Å². The van der Waals surface area contributed by atoms with Gasteiger partial charge in [-0.25, -0.2) is 4.98 Å². The van der Waals surface area contributed by atoms with Crippen LogP contribution in [0.5, 0.6) is 0 Å². The Balaban J connectivity index is 2.12. The predicted molar refractivity (Wildman–Crippen MR) is 104 cm³/mol. The number of hydrogen-bond donors (Lipinski definition) is 1. The highest BCUT2D eigenvalue weighted by Crippen LogP contribution is 2.28. The zero-order chi connectivity index (χ0) is 17.8. The summed E-state index contributed by atoms with van der Waals surface area (Å²) < 4.78 is 2.03. The Hall–Kier alpha value is -3.14. The molecule has 4 nitrogen and oxygen atoms in total. The first-order valence-electron chi connectivity index (χ1n) is 8.24. The predicted octanol–water partition coefficient (Wildman–Crippen LogP) is 4.24. The van der Waals surface area contributed by atoms with Crippen LogP contribution in [0.3, 0.4) is 0 Å². The van der Waals surface area contributed by atoms with E-state index in [0.717, 1.165) is 39.2 Å². The first-order chi connectivity index (χ1) is 12.2. The van der Waals surface area contributed by atoms with Crippen molar-refractivity contribution < 1.29 is 0 Å². The average molecular weight is 330 g/mol. The number of nitrogens with zero attached hydrogens (tertiary/aromatic N) is 3. The third kappa shape index (κ3) is 3.24. The fraction of sp³-hybridized carbons (Fsp3) is 0.143. The molecule has 0 radical (unpaired) electrons. The summed E-state index contributed by atoms with van der Waals surface area (Å²) in [4.78, 5) is 8.91. The topological polar surface area (TPSA) is 42.2 Å². The third-order valence-corrected chi connectivity index (χ3v) is 4.22. The molecule has 0 spiro atoms. The van der Waals surface area contributed by atoms with Gasteiger partial charge < -0.3 is 9.72 Å². The Morgan fingerprint density at radius 2 is 2.08 bits per heavy atom. The quantitative estimate of drug-likeness (QED) is 0.712. The van der Waals surface area contributed by atoms with Gasteiger partial charge in [0.2, 0.25) is 0 Å². The standard InChI is InChI=1S/C21H22N4/c1-5-16(12-22-4)18-11-20(15(3)24-13-18)19(6-2)17-7-8-21-23-9-10-25(21)14-17/h5-14,22H,1H2,2-4H3/b16-12+,19-6-. The molecular weight excluding hydrogens is 308 g/mol.